The number of rotatable bonds is 4. The molecule has 172 valence electrons. The van der Waals surface area contributed by atoms with Gasteiger partial charge in [0, 0.05) is 11.8 Å². The first kappa shape index (κ1) is 23.1. The number of benzene rings is 2. The molecule has 2 heterocycles. The van der Waals surface area contributed by atoms with Gasteiger partial charge < -0.3 is 9.72 Å². The second-order valence-electron chi connectivity index (χ2n) is 7.93. The number of pyridine rings is 1. The minimum atomic E-state index is -4.44. The van der Waals surface area contributed by atoms with Gasteiger partial charge in [-0.15, -0.1) is 0 Å². The van der Waals surface area contributed by atoms with Gasteiger partial charge in [0.1, 0.15) is 5.65 Å². The van der Waals surface area contributed by atoms with Gasteiger partial charge in [0.15, 0.2) is 0 Å². The zero-order valence-electron chi connectivity index (χ0n) is 18.6. The maximum Gasteiger partial charge on any atom is 0.416 e. The van der Waals surface area contributed by atoms with Crippen LogP contribution >= 0.6 is 0 Å². The van der Waals surface area contributed by atoms with Crippen molar-refractivity contribution >= 4 is 11.6 Å². The van der Waals surface area contributed by atoms with Gasteiger partial charge in [-0.05, 0) is 66.9 Å². The molecule has 1 unspecified atom stereocenters. The predicted octanol–water partition coefficient (Wildman–Crippen LogP) is 5.54. The lowest BCUT2D eigenvalue weighted by Crippen LogP contribution is -2.23. The molecule has 0 saturated carbocycles. The number of halogens is 3. The van der Waals surface area contributed by atoms with Gasteiger partial charge in [0.2, 0.25) is 0 Å². The van der Waals surface area contributed by atoms with Gasteiger partial charge in [0.05, 0.1) is 29.9 Å². The molecule has 0 saturated heterocycles. The van der Waals surface area contributed by atoms with E-state index >= 15 is 0 Å². The van der Waals surface area contributed by atoms with Crippen molar-refractivity contribution in [2.45, 2.75) is 25.9 Å². The second-order valence-corrected chi connectivity index (χ2v) is 7.93. The Labute approximate surface area is 195 Å². The van der Waals surface area contributed by atoms with Crippen molar-refractivity contribution in [2.75, 3.05) is 6.54 Å². The monoisotopic (exact) mass is 461 g/mol. The summed E-state index contributed by atoms with van der Waals surface area (Å²) in [6.07, 6.45) is -0.700. The molecule has 0 aliphatic rings. The molecule has 2 aromatic heterocycles. The van der Waals surface area contributed by atoms with Crippen LogP contribution in [-0.4, -0.2) is 21.8 Å². The molecule has 0 fully saturated rings. The fourth-order valence-corrected chi connectivity index (χ4v) is 3.93. The number of nitrogens with zero attached hydrogens (tertiary/aromatic N) is 2. The van der Waals surface area contributed by atoms with Crippen LogP contribution in [0.2, 0.25) is 0 Å². The smallest absolute Gasteiger partial charge is 0.341 e. The lowest BCUT2D eigenvalue weighted by molar-refractivity contribution is -0.137. The third-order valence-electron chi connectivity index (χ3n) is 5.63. The van der Waals surface area contributed by atoms with Crippen LogP contribution in [0.15, 0.2) is 73.1 Å². The number of carbonyl (C=O) groups is 1. The maximum absolute atomic E-state index is 12.7. The zero-order valence-corrected chi connectivity index (χ0v) is 18.6. The van der Waals surface area contributed by atoms with Gasteiger partial charge in [-0.3, -0.25) is 4.79 Å². The van der Waals surface area contributed by atoms with Crippen molar-refractivity contribution in [3.05, 3.63) is 107 Å². The number of hydrogen-bond acceptors (Lipinski definition) is 2. The Kier molecular flexibility index (Phi) is 6.42. The third-order valence-corrected chi connectivity index (χ3v) is 5.63. The quantitative estimate of drug-likeness (QED) is 0.406. The van der Waals surface area contributed by atoms with Crippen molar-refractivity contribution in [2.24, 2.45) is 0 Å². The fourth-order valence-electron chi connectivity index (χ4n) is 3.93. The summed E-state index contributed by atoms with van der Waals surface area (Å²) in [6, 6.07) is 15.9. The molecular formula is C27H22F3N3O. The molecule has 7 heteroatoms. The molecule has 4 rings (SSSR count). The summed E-state index contributed by atoms with van der Waals surface area (Å²) in [5.41, 5.74) is 4.34. The van der Waals surface area contributed by atoms with E-state index in [0.29, 0.717) is 0 Å². The summed E-state index contributed by atoms with van der Waals surface area (Å²) in [4.78, 5) is 16.8. The highest BCUT2D eigenvalue weighted by atomic mass is 19.4. The van der Waals surface area contributed by atoms with Crippen molar-refractivity contribution in [1.82, 2.24) is 14.7 Å². The molecule has 4 aromatic rings. The van der Waals surface area contributed by atoms with Crippen molar-refractivity contribution < 1.29 is 18.0 Å². The number of fused-ring (bicyclic) bond motifs is 1. The molecule has 1 N–H and O–H groups in total. The molecule has 1 amide bonds. The van der Waals surface area contributed by atoms with Gasteiger partial charge in [-0.1, -0.05) is 36.1 Å². The molecule has 2 aromatic carbocycles. The number of aryl methyl sites for hydroxylation is 2. The van der Waals surface area contributed by atoms with E-state index in [9.17, 15) is 18.0 Å². The summed E-state index contributed by atoms with van der Waals surface area (Å²) >= 11 is 0. The number of carbonyl (C=O) groups excluding carboxylic acids is 1. The van der Waals surface area contributed by atoms with Crippen LogP contribution in [-0.2, 0) is 6.18 Å². The average molecular weight is 461 g/mol. The number of amides is 1. The van der Waals surface area contributed by atoms with Crippen LogP contribution < -0.4 is 5.32 Å². The Hall–Kier alpha value is -4.05. The Balaban J connectivity index is 1.58. The van der Waals surface area contributed by atoms with Crippen LogP contribution in [0.25, 0.3) is 5.65 Å². The Morgan fingerprint density at radius 1 is 1.03 bits per heavy atom. The normalized spacial score (nSPS) is 12.1. The predicted molar refractivity (Wildman–Crippen MR) is 125 cm³/mol. The molecule has 1 atom stereocenters. The summed E-state index contributed by atoms with van der Waals surface area (Å²) < 4.78 is 40.2. The van der Waals surface area contributed by atoms with Crippen LogP contribution in [0.3, 0.4) is 0 Å². The standard InChI is InChI=1S/C27H22F3N3O/c1-18-7-5-8-19(2)25(18)22(23-17-32-24-10-3-4-16-33(23)24)9-6-15-31-26(34)20-11-13-21(14-12-20)27(28,29)30/h3-5,7-8,10-14,16-17,22H,15H2,1-2H3,(H,31,34). The van der Waals surface area contributed by atoms with Gasteiger partial charge in [-0.25, -0.2) is 4.98 Å². The number of hydrogen-bond donors (Lipinski definition) is 1. The second kappa shape index (κ2) is 9.44. The topological polar surface area (TPSA) is 46.4 Å². The van der Waals surface area contributed by atoms with Crippen LogP contribution in [0.1, 0.15) is 44.2 Å². The van der Waals surface area contributed by atoms with E-state index < -0.39 is 17.6 Å². The summed E-state index contributed by atoms with van der Waals surface area (Å²) in [5.74, 6) is 5.54. The zero-order chi connectivity index (χ0) is 24.3. The van der Waals surface area contributed by atoms with E-state index in [0.717, 1.165) is 52.3 Å². The van der Waals surface area contributed by atoms with Crippen LogP contribution in [0.5, 0.6) is 0 Å². The highest BCUT2D eigenvalue weighted by Crippen LogP contribution is 2.30. The number of imidazole rings is 1. The number of alkyl halides is 3. The summed E-state index contributed by atoms with van der Waals surface area (Å²) in [5, 5.41) is 2.66. The summed E-state index contributed by atoms with van der Waals surface area (Å²) in [6.45, 7) is 4.12. The first-order valence-corrected chi connectivity index (χ1v) is 10.7. The first-order valence-electron chi connectivity index (χ1n) is 10.7. The lowest BCUT2D eigenvalue weighted by Gasteiger charge is -2.17. The average Bonchev–Trinajstić information content (AvgIpc) is 3.23. The minimum absolute atomic E-state index is 0.0536. The number of nitrogens with one attached hydrogen (secondary N) is 1. The van der Waals surface area contributed by atoms with Crippen LogP contribution in [0.4, 0.5) is 13.2 Å². The highest BCUT2D eigenvalue weighted by Gasteiger charge is 2.30. The van der Waals surface area contributed by atoms with E-state index in [-0.39, 0.29) is 18.0 Å². The Morgan fingerprint density at radius 3 is 2.41 bits per heavy atom. The molecule has 0 aliphatic carbocycles. The van der Waals surface area contributed by atoms with E-state index in [4.69, 9.17) is 0 Å². The van der Waals surface area contributed by atoms with Crippen molar-refractivity contribution in [1.29, 1.82) is 0 Å². The Morgan fingerprint density at radius 2 is 1.74 bits per heavy atom. The van der Waals surface area contributed by atoms with Crippen molar-refractivity contribution in [3.8, 4) is 11.8 Å². The lowest BCUT2D eigenvalue weighted by atomic mass is 9.89. The summed E-state index contributed by atoms with van der Waals surface area (Å²) in [7, 11) is 0. The van der Waals surface area contributed by atoms with Gasteiger partial charge in [-0.2, -0.15) is 13.2 Å². The van der Waals surface area contributed by atoms with Gasteiger partial charge >= 0.3 is 6.18 Å². The van der Waals surface area contributed by atoms with E-state index in [1.54, 1.807) is 6.20 Å². The highest BCUT2D eigenvalue weighted by molar-refractivity contribution is 5.94. The molecule has 0 aliphatic heterocycles. The fraction of sp³-hybridized carbons (Fsp3) is 0.185. The van der Waals surface area contributed by atoms with Gasteiger partial charge in [0.25, 0.3) is 5.91 Å². The molecular weight excluding hydrogens is 439 g/mol. The van der Waals surface area contributed by atoms with E-state index in [1.165, 1.54) is 0 Å². The maximum atomic E-state index is 12.7. The van der Waals surface area contributed by atoms with E-state index in [1.807, 2.05) is 60.8 Å². The Bertz CT molecular complexity index is 1370. The third kappa shape index (κ3) is 4.81. The molecule has 0 radical (unpaired) electrons. The van der Waals surface area contributed by atoms with Crippen molar-refractivity contribution in [3.63, 3.8) is 0 Å². The first-order chi connectivity index (χ1) is 16.3. The molecule has 0 bridgehead atoms. The largest absolute Gasteiger partial charge is 0.416 e. The van der Waals surface area contributed by atoms with Crippen LogP contribution in [0, 0.1) is 25.7 Å². The molecule has 4 nitrogen and oxygen atoms in total. The number of aromatic nitrogens is 2. The van der Waals surface area contributed by atoms with E-state index in [2.05, 4.69) is 22.1 Å². The minimum Gasteiger partial charge on any atom is -0.341 e. The molecule has 0 spiro atoms. The SMILES string of the molecule is Cc1cccc(C)c1C(C#CCNC(=O)c1ccc(C(F)(F)F)cc1)c1cnc2ccccn12. The molecule has 34 heavy (non-hydrogen) atoms.